The number of fused-ring (bicyclic) bond motifs is 15. The Morgan fingerprint density at radius 2 is 0.584 bits per heavy atom. The molecule has 488 valence electrons. The van der Waals surface area contributed by atoms with E-state index in [0.717, 1.165) is 51.6 Å². The van der Waals surface area contributed by atoms with E-state index in [4.69, 9.17) is 9.47 Å². The zero-order valence-electron chi connectivity index (χ0n) is 55.9. The van der Waals surface area contributed by atoms with Gasteiger partial charge in [-0.3, -0.25) is 0 Å². The van der Waals surface area contributed by atoms with Crippen LogP contribution >= 0.6 is 0 Å². The Kier molecular flexibility index (Phi) is 18.7. The standard InChI is InChI=1S/C22H17NO2.C21H15NO2.C20H15N.C15H13N.C14H11N/c1-15(2)22(24)25-17-13-11-16(12-14-17)23-20-9-5-3-7-18(20)19-8-4-6-10-21(19)23;1-2-21(23)24-16-13-11-15(12-14-16)22-19-9-5-3-7-17(19)18-8-4-6-10-20(18)22;1-2-15-11-13-16(14-12-15)21-19-9-5-3-7-17(19)18-8-4-6-10-20(18)21;1-2-11-16-14-9-5-3-7-12(14)13-8-4-6-10-15(13)16;1-2-15-13-9-5-3-7-11(13)12-8-4-6-10-14(12)15/h3-14H,1H2,2H3;2-14H,1H2;2-14H,1H2;2-10H,1,11H2;2-10H,1H2. The van der Waals surface area contributed by atoms with Crippen molar-refractivity contribution in [3.8, 4) is 28.6 Å². The topological polar surface area (TPSA) is 77.2 Å². The van der Waals surface area contributed by atoms with E-state index in [9.17, 15) is 9.59 Å². The third-order valence-corrected chi connectivity index (χ3v) is 18.1. The van der Waals surface area contributed by atoms with E-state index < -0.39 is 11.9 Å². The third-order valence-electron chi connectivity index (χ3n) is 18.1. The average molecular weight is 1310 g/mol. The van der Waals surface area contributed by atoms with Crippen molar-refractivity contribution < 1.29 is 19.1 Å². The number of hydrogen-bond acceptors (Lipinski definition) is 4. The second-order valence-corrected chi connectivity index (χ2v) is 24.2. The van der Waals surface area contributed by atoms with Crippen LogP contribution in [0.4, 0.5) is 0 Å². The van der Waals surface area contributed by atoms with Crippen LogP contribution in [0, 0.1) is 0 Å². The number of allylic oxidation sites excluding steroid dienone is 1. The Balaban J connectivity index is 0.000000109. The summed E-state index contributed by atoms with van der Waals surface area (Å²) in [6.45, 7) is 21.0. The number of nitrogens with zero attached hydrogens (tertiary/aromatic N) is 5. The summed E-state index contributed by atoms with van der Waals surface area (Å²) in [4.78, 5) is 22.9. The molecule has 18 aromatic rings. The fourth-order valence-corrected chi connectivity index (χ4v) is 13.5. The van der Waals surface area contributed by atoms with Gasteiger partial charge in [-0.25, -0.2) is 9.59 Å². The van der Waals surface area contributed by atoms with Crippen molar-refractivity contribution in [3.63, 3.8) is 0 Å². The SMILES string of the molecule is C=C(C)C(=O)Oc1ccc(-n2c3ccccc3c3ccccc32)cc1.C=CC(=O)Oc1ccc(-n2c3ccccc3c3ccccc32)cc1.C=CCn1c2ccccc2c2ccccc21.C=Cc1ccc(-n2c3ccccc3c3ccccc32)cc1.C=Cn1c2ccccc2c2ccccc21. The van der Waals surface area contributed by atoms with Gasteiger partial charge in [0.2, 0.25) is 0 Å². The Bertz CT molecular complexity index is 5890. The summed E-state index contributed by atoms with van der Waals surface area (Å²) in [6, 6.07) is 108. The van der Waals surface area contributed by atoms with Crippen LogP contribution < -0.4 is 9.47 Å². The van der Waals surface area contributed by atoms with Crippen molar-refractivity contribution in [1.29, 1.82) is 0 Å². The second kappa shape index (κ2) is 29.1. The minimum atomic E-state index is -0.459. The van der Waals surface area contributed by atoms with E-state index in [0.29, 0.717) is 17.1 Å². The first-order valence-corrected chi connectivity index (χ1v) is 33.4. The van der Waals surface area contributed by atoms with Crippen LogP contribution in [-0.2, 0) is 16.1 Å². The van der Waals surface area contributed by atoms with Crippen molar-refractivity contribution in [2.24, 2.45) is 0 Å². The lowest BCUT2D eigenvalue weighted by Crippen LogP contribution is -2.08. The lowest BCUT2D eigenvalue weighted by Gasteiger charge is -2.09. The van der Waals surface area contributed by atoms with Gasteiger partial charge in [0.25, 0.3) is 0 Å². The molecule has 9 heteroatoms. The van der Waals surface area contributed by atoms with Crippen molar-refractivity contribution >= 4 is 133 Å². The van der Waals surface area contributed by atoms with Crippen LogP contribution in [0.25, 0.3) is 138 Å². The molecule has 0 saturated carbocycles. The lowest BCUT2D eigenvalue weighted by atomic mass is 10.2. The van der Waals surface area contributed by atoms with Crippen LogP contribution in [0.5, 0.6) is 11.5 Å². The molecule has 18 rings (SSSR count). The maximum absolute atomic E-state index is 11.6. The van der Waals surface area contributed by atoms with Gasteiger partial charge in [-0.1, -0.05) is 233 Å². The van der Waals surface area contributed by atoms with Crippen molar-refractivity contribution in [3.05, 3.63) is 372 Å². The minimum Gasteiger partial charge on any atom is -0.423 e. The first-order valence-electron chi connectivity index (χ1n) is 33.4. The van der Waals surface area contributed by atoms with Crippen LogP contribution in [0.3, 0.4) is 0 Å². The Morgan fingerprint density at radius 1 is 0.327 bits per heavy atom. The molecule has 0 atom stereocenters. The van der Waals surface area contributed by atoms with Gasteiger partial charge >= 0.3 is 11.9 Å². The monoisotopic (exact) mass is 1310 g/mol. The van der Waals surface area contributed by atoms with Crippen molar-refractivity contribution in [2.75, 3.05) is 0 Å². The number of aromatic nitrogens is 5. The zero-order chi connectivity index (χ0) is 69.3. The Morgan fingerprint density at radius 3 is 0.861 bits per heavy atom. The molecule has 0 N–H and O–H groups in total. The van der Waals surface area contributed by atoms with E-state index in [1.165, 1.54) is 92.6 Å². The fourth-order valence-electron chi connectivity index (χ4n) is 13.5. The zero-order valence-corrected chi connectivity index (χ0v) is 55.9. The largest absolute Gasteiger partial charge is 0.423 e. The summed E-state index contributed by atoms with van der Waals surface area (Å²) >= 11 is 0. The average Bonchev–Trinajstić information content (AvgIpc) is 1.64. The predicted molar refractivity (Wildman–Crippen MR) is 424 cm³/mol. The van der Waals surface area contributed by atoms with Gasteiger partial charge in [-0.15, -0.1) is 6.58 Å². The molecule has 101 heavy (non-hydrogen) atoms. The molecule has 5 aromatic heterocycles. The first kappa shape index (κ1) is 64.8. The highest BCUT2D eigenvalue weighted by molar-refractivity contribution is 6.13. The number of carbonyl (C=O) groups is 2. The highest BCUT2D eigenvalue weighted by atomic mass is 16.5. The highest BCUT2D eigenvalue weighted by Crippen LogP contribution is 2.37. The van der Waals surface area contributed by atoms with Gasteiger partial charge in [0.15, 0.2) is 0 Å². The first-order chi connectivity index (χ1) is 49.6. The smallest absolute Gasteiger partial charge is 0.338 e. The number of rotatable bonds is 11. The number of benzene rings is 13. The summed E-state index contributed by atoms with van der Waals surface area (Å²) in [5.41, 5.74) is 16.8. The number of para-hydroxylation sites is 10. The molecular formula is C92H71N5O4. The quantitative estimate of drug-likeness (QED) is 0.0559. The Labute approximate surface area is 585 Å². The van der Waals surface area contributed by atoms with Crippen LogP contribution in [0.2, 0.25) is 0 Å². The summed E-state index contributed by atoms with van der Waals surface area (Å²) in [5, 5.41) is 12.7. The molecule has 0 fully saturated rings. The van der Waals surface area contributed by atoms with E-state index in [1.54, 1.807) is 31.2 Å². The third kappa shape index (κ3) is 12.8. The summed E-state index contributed by atoms with van der Waals surface area (Å²) in [6.07, 6.45) is 6.83. The van der Waals surface area contributed by atoms with Gasteiger partial charge in [0.1, 0.15) is 11.5 Å². The van der Waals surface area contributed by atoms with Gasteiger partial charge in [-0.2, -0.15) is 0 Å². The van der Waals surface area contributed by atoms with E-state index in [1.807, 2.05) is 66.9 Å². The second-order valence-electron chi connectivity index (χ2n) is 24.2. The number of carbonyl (C=O) groups excluding carboxylic acids is 2. The number of hydrogen-bond donors (Lipinski definition) is 0. The number of ether oxygens (including phenoxy) is 2. The van der Waals surface area contributed by atoms with Gasteiger partial charge in [0, 0.05) is 106 Å². The number of esters is 2. The molecule has 0 aliphatic rings. The molecule has 0 aliphatic heterocycles. The summed E-state index contributed by atoms with van der Waals surface area (Å²) in [7, 11) is 0. The molecule has 0 saturated heterocycles. The summed E-state index contributed by atoms with van der Waals surface area (Å²) in [5.74, 6) is 0.145. The molecule has 9 nitrogen and oxygen atoms in total. The predicted octanol–water partition coefficient (Wildman–Crippen LogP) is 23.4. The van der Waals surface area contributed by atoms with Gasteiger partial charge in [-0.05, 0) is 134 Å². The van der Waals surface area contributed by atoms with E-state index in [2.05, 4.69) is 298 Å². The normalized spacial score (nSPS) is 10.9. The molecular weight excluding hydrogens is 1240 g/mol. The van der Waals surface area contributed by atoms with Crippen molar-refractivity contribution in [2.45, 2.75) is 13.5 Å². The molecule has 0 unspecified atom stereocenters. The van der Waals surface area contributed by atoms with E-state index in [-0.39, 0.29) is 0 Å². The Hall–Kier alpha value is -13.5. The maximum Gasteiger partial charge on any atom is 0.338 e. The molecule has 0 bridgehead atoms. The maximum atomic E-state index is 11.6. The molecule has 0 amide bonds. The minimum absolute atomic E-state index is 0.381. The lowest BCUT2D eigenvalue weighted by molar-refractivity contribution is -0.130. The van der Waals surface area contributed by atoms with Crippen molar-refractivity contribution in [1.82, 2.24) is 22.8 Å². The van der Waals surface area contributed by atoms with Crippen LogP contribution in [-0.4, -0.2) is 34.8 Å². The van der Waals surface area contributed by atoms with Gasteiger partial charge in [0.05, 0.1) is 44.1 Å². The fraction of sp³-hybridized carbons (Fsp3) is 0.0217. The van der Waals surface area contributed by atoms with Crippen LogP contribution in [0.15, 0.2) is 366 Å². The highest BCUT2D eigenvalue weighted by Gasteiger charge is 2.16. The van der Waals surface area contributed by atoms with Gasteiger partial charge < -0.3 is 32.3 Å². The molecule has 5 heterocycles. The molecule has 0 radical (unpaired) electrons. The van der Waals surface area contributed by atoms with E-state index >= 15 is 0 Å². The van der Waals surface area contributed by atoms with Crippen LogP contribution in [0.1, 0.15) is 12.5 Å². The molecule has 13 aromatic carbocycles. The summed E-state index contributed by atoms with van der Waals surface area (Å²) < 4.78 is 21.6. The molecule has 0 spiro atoms. The molecule has 0 aliphatic carbocycles.